The van der Waals surface area contributed by atoms with Crippen LogP contribution in [-0.4, -0.2) is 57.3 Å². The minimum absolute atomic E-state index is 0.185. The number of carbonyl (C=O) groups excluding carboxylic acids is 1. The lowest BCUT2D eigenvalue weighted by atomic mass is 10.1. The summed E-state index contributed by atoms with van der Waals surface area (Å²) in [4.78, 5) is 30.7. The second-order valence-corrected chi connectivity index (χ2v) is 7.26. The van der Waals surface area contributed by atoms with Gasteiger partial charge in [-0.25, -0.2) is 0 Å². The molecule has 0 fully saturated rings. The molecule has 1 N–H and O–H groups in total. The number of hydrogen-bond acceptors (Lipinski definition) is 7. The zero-order valence-electron chi connectivity index (χ0n) is 17.0. The SMILES string of the molecule is COCCN1CCn2nc(Nc3cc(-c4ncccc4C=O)cn(C)c3=O)cc2C1. The Labute approximate surface area is 173 Å². The molecule has 0 aliphatic carbocycles. The molecule has 0 saturated heterocycles. The van der Waals surface area contributed by atoms with E-state index in [2.05, 4.69) is 20.3 Å². The van der Waals surface area contributed by atoms with Crippen LogP contribution in [0, 0.1) is 0 Å². The number of nitrogens with one attached hydrogen (secondary N) is 1. The van der Waals surface area contributed by atoms with Crippen molar-refractivity contribution >= 4 is 17.8 Å². The first-order valence-electron chi connectivity index (χ1n) is 9.75. The summed E-state index contributed by atoms with van der Waals surface area (Å²) in [5, 5.41) is 7.75. The number of hydrogen-bond donors (Lipinski definition) is 1. The van der Waals surface area contributed by atoms with Crippen LogP contribution in [0.1, 0.15) is 16.1 Å². The van der Waals surface area contributed by atoms with Gasteiger partial charge in [-0.1, -0.05) is 0 Å². The molecule has 0 atom stereocenters. The number of ether oxygens (including phenoxy) is 1. The number of carbonyl (C=O) groups is 1. The van der Waals surface area contributed by atoms with Crippen molar-refractivity contribution in [1.82, 2.24) is 24.2 Å². The number of aldehydes is 1. The van der Waals surface area contributed by atoms with Gasteiger partial charge in [0.05, 0.1) is 24.5 Å². The second kappa shape index (κ2) is 8.60. The minimum atomic E-state index is -0.185. The molecule has 4 heterocycles. The van der Waals surface area contributed by atoms with Gasteiger partial charge in [0.1, 0.15) is 5.69 Å². The van der Waals surface area contributed by atoms with Crippen molar-refractivity contribution in [1.29, 1.82) is 0 Å². The Morgan fingerprint density at radius 1 is 1.30 bits per heavy atom. The second-order valence-electron chi connectivity index (χ2n) is 7.26. The average Bonchev–Trinajstić information content (AvgIpc) is 3.16. The highest BCUT2D eigenvalue weighted by atomic mass is 16.5. The van der Waals surface area contributed by atoms with Crippen LogP contribution in [0.4, 0.5) is 11.5 Å². The van der Waals surface area contributed by atoms with Gasteiger partial charge in [-0.05, 0) is 18.2 Å². The number of aromatic nitrogens is 4. The van der Waals surface area contributed by atoms with E-state index in [1.54, 1.807) is 44.8 Å². The standard InChI is InChI=1S/C21H24N6O3/c1-25-12-16(20-15(14-28)4-3-5-22-20)10-18(21(25)29)23-19-11-17-13-26(8-9-30-2)6-7-27(17)24-19/h3-5,10-12,14H,6-9,13H2,1-2H3,(H,23,24). The molecule has 1 aliphatic heterocycles. The van der Waals surface area contributed by atoms with Crippen LogP contribution in [0.3, 0.4) is 0 Å². The maximum atomic E-state index is 12.7. The summed E-state index contributed by atoms with van der Waals surface area (Å²) in [6, 6.07) is 7.08. The highest BCUT2D eigenvalue weighted by molar-refractivity contribution is 5.86. The van der Waals surface area contributed by atoms with Crippen molar-refractivity contribution < 1.29 is 9.53 Å². The largest absolute Gasteiger partial charge is 0.383 e. The monoisotopic (exact) mass is 408 g/mol. The van der Waals surface area contributed by atoms with Crippen LogP contribution in [-0.2, 0) is 24.9 Å². The van der Waals surface area contributed by atoms with E-state index in [-0.39, 0.29) is 5.56 Å². The molecular weight excluding hydrogens is 384 g/mol. The van der Waals surface area contributed by atoms with Crippen molar-refractivity contribution in [2.45, 2.75) is 13.1 Å². The summed E-state index contributed by atoms with van der Waals surface area (Å²) in [7, 11) is 3.38. The van der Waals surface area contributed by atoms with E-state index in [1.165, 1.54) is 4.57 Å². The summed E-state index contributed by atoms with van der Waals surface area (Å²) < 4.78 is 8.60. The normalized spacial score (nSPS) is 13.8. The van der Waals surface area contributed by atoms with Gasteiger partial charge in [-0.15, -0.1) is 0 Å². The van der Waals surface area contributed by atoms with E-state index in [0.29, 0.717) is 34.9 Å². The van der Waals surface area contributed by atoms with E-state index in [9.17, 15) is 9.59 Å². The number of methoxy groups -OCH3 is 1. The molecule has 30 heavy (non-hydrogen) atoms. The molecular formula is C21H24N6O3. The fraction of sp³-hybridized carbons (Fsp3) is 0.333. The third-order valence-electron chi connectivity index (χ3n) is 5.17. The van der Waals surface area contributed by atoms with E-state index < -0.39 is 0 Å². The molecule has 156 valence electrons. The van der Waals surface area contributed by atoms with Gasteiger partial charge in [-0.3, -0.25) is 24.2 Å². The van der Waals surface area contributed by atoms with Gasteiger partial charge < -0.3 is 14.6 Å². The Hall–Kier alpha value is -3.30. The van der Waals surface area contributed by atoms with Gasteiger partial charge in [-0.2, -0.15) is 5.10 Å². The number of fused-ring (bicyclic) bond motifs is 1. The lowest BCUT2D eigenvalue weighted by molar-refractivity contribution is 0.112. The van der Waals surface area contributed by atoms with E-state index >= 15 is 0 Å². The predicted molar refractivity (Wildman–Crippen MR) is 113 cm³/mol. The first-order valence-corrected chi connectivity index (χ1v) is 9.75. The molecule has 0 unspecified atom stereocenters. The Morgan fingerprint density at radius 3 is 2.97 bits per heavy atom. The average molecular weight is 408 g/mol. The molecule has 3 aromatic rings. The highest BCUT2D eigenvalue weighted by Gasteiger charge is 2.19. The van der Waals surface area contributed by atoms with Crippen LogP contribution in [0.2, 0.25) is 0 Å². The Morgan fingerprint density at radius 2 is 2.17 bits per heavy atom. The summed E-state index contributed by atoms with van der Waals surface area (Å²) >= 11 is 0. The van der Waals surface area contributed by atoms with Crippen molar-refractivity contribution in [3.63, 3.8) is 0 Å². The fourth-order valence-electron chi connectivity index (χ4n) is 3.62. The van der Waals surface area contributed by atoms with Crippen molar-refractivity contribution in [2.24, 2.45) is 7.05 Å². The molecule has 4 rings (SSSR count). The summed E-state index contributed by atoms with van der Waals surface area (Å²) in [6.45, 7) is 4.04. The minimum Gasteiger partial charge on any atom is -0.383 e. The van der Waals surface area contributed by atoms with Crippen LogP contribution < -0.4 is 10.9 Å². The van der Waals surface area contributed by atoms with Crippen LogP contribution in [0.15, 0.2) is 41.5 Å². The van der Waals surface area contributed by atoms with E-state index in [0.717, 1.165) is 38.2 Å². The number of anilines is 2. The number of nitrogens with zero attached hydrogens (tertiary/aromatic N) is 5. The van der Waals surface area contributed by atoms with Crippen molar-refractivity contribution in [2.75, 3.05) is 32.1 Å². The lowest BCUT2D eigenvalue weighted by Crippen LogP contribution is -2.35. The summed E-state index contributed by atoms with van der Waals surface area (Å²) in [5.41, 5.74) is 2.96. The first-order chi connectivity index (χ1) is 14.6. The molecule has 0 saturated carbocycles. The maximum Gasteiger partial charge on any atom is 0.274 e. The van der Waals surface area contributed by atoms with Gasteiger partial charge in [0, 0.05) is 63.4 Å². The lowest BCUT2D eigenvalue weighted by Gasteiger charge is -2.26. The smallest absolute Gasteiger partial charge is 0.274 e. The zero-order valence-corrected chi connectivity index (χ0v) is 17.0. The Kier molecular flexibility index (Phi) is 5.73. The van der Waals surface area contributed by atoms with Gasteiger partial charge >= 0.3 is 0 Å². The molecule has 9 heteroatoms. The first kappa shape index (κ1) is 20.0. The van der Waals surface area contributed by atoms with Gasteiger partial charge in [0.15, 0.2) is 12.1 Å². The Balaban J connectivity index is 1.62. The fourth-order valence-corrected chi connectivity index (χ4v) is 3.62. The van der Waals surface area contributed by atoms with Crippen LogP contribution in [0.5, 0.6) is 0 Å². The molecule has 1 aliphatic rings. The molecule has 0 radical (unpaired) electrons. The van der Waals surface area contributed by atoms with Gasteiger partial charge in [0.25, 0.3) is 5.56 Å². The maximum absolute atomic E-state index is 12.7. The summed E-state index contributed by atoms with van der Waals surface area (Å²) in [6.07, 6.45) is 4.06. The van der Waals surface area contributed by atoms with Crippen LogP contribution >= 0.6 is 0 Å². The zero-order chi connectivity index (χ0) is 21.1. The molecule has 0 bridgehead atoms. The predicted octanol–water partition coefficient (Wildman–Crippen LogP) is 1.66. The third kappa shape index (κ3) is 4.03. The van der Waals surface area contributed by atoms with E-state index in [4.69, 9.17) is 4.74 Å². The molecule has 0 spiro atoms. The van der Waals surface area contributed by atoms with E-state index in [1.807, 2.05) is 10.7 Å². The number of pyridine rings is 2. The quantitative estimate of drug-likeness (QED) is 0.594. The number of rotatable bonds is 7. The summed E-state index contributed by atoms with van der Waals surface area (Å²) in [5.74, 6) is 0.615. The molecule has 9 nitrogen and oxygen atoms in total. The third-order valence-corrected chi connectivity index (χ3v) is 5.17. The van der Waals surface area contributed by atoms with Crippen molar-refractivity contribution in [3.05, 3.63) is 58.3 Å². The highest BCUT2D eigenvalue weighted by Crippen LogP contribution is 2.24. The molecule has 3 aromatic heterocycles. The topological polar surface area (TPSA) is 94.3 Å². The number of aryl methyl sites for hydroxylation is 1. The molecule has 0 amide bonds. The van der Waals surface area contributed by atoms with Gasteiger partial charge in [0.2, 0.25) is 0 Å². The van der Waals surface area contributed by atoms with Crippen molar-refractivity contribution in [3.8, 4) is 11.3 Å². The van der Waals surface area contributed by atoms with Crippen LogP contribution in [0.25, 0.3) is 11.3 Å². The molecule has 0 aromatic carbocycles. The Bertz CT molecular complexity index is 1120.